The Bertz CT molecular complexity index is 783. The summed E-state index contributed by atoms with van der Waals surface area (Å²) in [7, 11) is 1.33. The van der Waals surface area contributed by atoms with E-state index in [1.165, 1.54) is 7.11 Å². The standard InChI is InChI=1S/C18H22ClN5O3/c1-26-17(25)13-2-3-14(19)15(12-13)22-18-21-5-4-16(23-18)20-6-7-24-8-10-27-11-9-24/h2-5,12H,6-11H2,1H3,(H2,20,21,22,23). The fourth-order valence-electron chi connectivity index (χ4n) is 2.67. The Morgan fingerprint density at radius 3 is 2.93 bits per heavy atom. The molecule has 3 rings (SSSR count). The van der Waals surface area contributed by atoms with E-state index < -0.39 is 5.97 Å². The van der Waals surface area contributed by atoms with Gasteiger partial charge in [-0.1, -0.05) is 11.6 Å². The van der Waals surface area contributed by atoms with E-state index in [1.807, 2.05) is 0 Å². The van der Waals surface area contributed by atoms with E-state index in [4.69, 9.17) is 21.1 Å². The predicted molar refractivity (Wildman–Crippen MR) is 104 cm³/mol. The number of anilines is 3. The van der Waals surface area contributed by atoms with Crippen molar-refractivity contribution in [2.24, 2.45) is 0 Å². The van der Waals surface area contributed by atoms with Crippen molar-refractivity contribution in [3.8, 4) is 0 Å². The number of nitrogens with one attached hydrogen (secondary N) is 2. The lowest BCUT2D eigenvalue weighted by molar-refractivity contribution is 0.0398. The highest BCUT2D eigenvalue weighted by Gasteiger charge is 2.11. The normalized spacial score (nSPS) is 14.6. The van der Waals surface area contributed by atoms with Crippen LogP contribution in [0.3, 0.4) is 0 Å². The number of methoxy groups -OCH3 is 1. The molecule has 0 aliphatic carbocycles. The quantitative estimate of drug-likeness (QED) is 0.695. The van der Waals surface area contributed by atoms with Crippen LogP contribution in [0.4, 0.5) is 17.5 Å². The molecule has 1 aromatic heterocycles. The van der Waals surface area contributed by atoms with Crippen LogP contribution in [-0.4, -0.2) is 67.3 Å². The number of esters is 1. The van der Waals surface area contributed by atoms with Gasteiger partial charge in [-0.15, -0.1) is 0 Å². The summed E-state index contributed by atoms with van der Waals surface area (Å²) in [5.41, 5.74) is 0.925. The van der Waals surface area contributed by atoms with Crippen LogP contribution >= 0.6 is 11.6 Å². The highest BCUT2D eigenvalue weighted by atomic mass is 35.5. The van der Waals surface area contributed by atoms with Crippen LogP contribution in [0, 0.1) is 0 Å². The van der Waals surface area contributed by atoms with E-state index in [1.54, 1.807) is 30.5 Å². The zero-order chi connectivity index (χ0) is 19.1. The average molecular weight is 392 g/mol. The minimum Gasteiger partial charge on any atom is -0.465 e. The lowest BCUT2D eigenvalue weighted by Gasteiger charge is -2.26. The van der Waals surface area contributed by atoms with Crippen LogP contribution in [0.5, 0.6) is 0 Å². The lowest BCUT2D eigenvalue weighted by atomic mass is 10.2. The molecule has 27 heavy (non-hydrogen) atoms. The molecule has 0 radical (unpaired) electrons. The summed E-state index contributed by atoms with van der Waals surface area (Å²) < 4.78 is 10.1. The SMILES string of the molecule is COC(=O)c1ccc(Cl)c(Nc2nccc(NCCN3CCOCC3)n2)c1. The lowest BCUT2D eigenvalue weighted by Crippen LogP contribution is -2.39. The first-order chi connectivity index (χ1) is 13.2. The van der Waals surface area contributed by atoms with Crippen molar-refractivity contribution >= 4 is 35.0 Å². The minimum absolute atomic E-state index is 0.385. The van der Waals surface area contributed by atoms with E-state index in [0.717, 1.165) is 39.4 Å². The number of hydrogen-bond acceptors (Lipinski definition) is 8. The van der Waals surface area contributed by atoms with E-state index >= 15 is 0 Å². The Kier molecular flexibility index (Phi) is 6.80. The van der Waals surface area contributed by atoms with E-state index in [0.29, 0.717) is 28.0 Å². The predicted octanol–water partition coefficient (Wildman–Crippen LogP) is 2.40. The van der Waals surface area contributed by atoms with Crippen LogP contribution < -0.4 is 10.6 Å². The fourth-order valence-corrected chi connectivity index (χ4v) is 2.84. The molecule has 2 heterocycles. The van der Waals surface area contributed by atoms with Crippen LogP contribution in [-0.2, 0) is 9.47 Å². The molecular formula is C18H22ClN5O3. The number of morpholine rings is 1. The smallest absolute Gasteiger partial charge is 0.337 e. The molecule has 1 aliphatic rings. The first-order valence-corrected chi connectivity index (χ1v) is 9.05. The van der Waals surface area contributed by atoms with E-state index in [2.05, 4.69) is 25.5 Å². The number of rotatable bonds is 7. The van der Waals surface area contributed by atoms with Gasteiger partial charge < -0.3 is 20.1 Å². The fraction of sp³-hybridized carbons (Fsp3) is 0.389. The van der Waals surface area contributed by atoms with Gasteiger partial charge in [-0.3, -0.25) is 4.90 Å². The van der Waals surface area contributed by atoms with Gasteiger partial charge >= 0.3 is 5.97 Å². The first kappa shape index (κ1) is 19.3. The molecule has 0 bridgehead atoms. The highest BCUT2D eigenvalue weighted by Crippen LogP contribution is 2.26. The van der Waals surface area contributed by atoms with Gasteiger partial charge in [-0.05, 0) is 24.3 Å². The molecule has 1 saturated heterocycles. The van der Waals surface area contributed by atoms with Crippen molar-refractivity contribution in [2.75, 3.05) is 57.1 Å². The molecule has 2 aromatic rings. The van der Waals surface area contributed by atoms with Crippen LogP contribution in [0.25, 0.3) is 0 Å². The monoisotopic (exact) mass is 391 g/mol. The maximum Gasteiger partial charge on any atom is 0.337 e. The van der Waals surface area contributed by atoms with Crippen molar-refractivity contribution in [3.05, 3.63) is 41.0 Å². The summed E-state index contributed by atoms with van der Waals surface area (Å²) in [6.07, 6.45) is 1.66. The zero-order valence-electron chi connectivity index (χ0n) is 15.1. The molecule has 9 heteroatoms. The third-order valence-electron chi connectivity index (χ3n) is 4.13. The number of halogens is 1. The van der Waals surface area contributed by atoms with Gasteiger partial charge in [0.15, 0.2) is 0 Å². The number of ether oxygens (including phenoxy) is 2. The second-order valence-corrected chi connectivity index (χ2v) is 6.36. The molecule has 0 atom stereocenters. The summed E-state index contributed by atoms with van der Waals surface area (Å²) in [4.78, 5) is 22.7. The highest BCUT2D eigenvalue weighted by molar-refractivity contribution is 6.33. The summed E-state index contributed by atoms with van der Waals surface area (Å²) in [6.45, 7) is 5.17. The Labute approximate surface area is 162 Å². The molecule has 0 amide bonds. The average Bonchev–Trinajstić information content (AvgIpc) is 2.70. The molecule has 8 nitrogen and oxygen atoms in total. The maximum absolute atomic E-state index is 11.7. The third kappa shape index (κ3) is 5.53. The molecule has 1 aliphatic heterocycles. The number of carbonyl (C=O) groups excluding carboxylic acids is 1. The van der Waals surface area contributed by atoms with Gasteiger partial charge in [0.05, 0.1) is 36.6 Å². The number of aromatic nitrogens is 2. The Morgan fingerprint density at radius 2 is 2.15 bits per heavy atom. The Hall–Kier alpha value is -2.42. The molecule has 1 fully saturated rings. The van der Waals surface area contributed by atoms with Gasteiger partial charge in [-0.2, -0.15) is 4.98 Å². The van der Waals surface area contributed by atoms with Crippen molar-refractivity contribution in [1.82, 2.24) is 14.9 Å². The second kappa shape index (κ2) is 9.50. The van der Waals surface area contributed by atoms with Crippen LogP contribution in [0.15, 0.2) is 30.5 Å². The Balaban J connectivity index is 1.61. The summed E-state index contributed by atoms with van der Waals surface area (Å²) >= 11 is 6.20. The number of nitrogens with zero attached hydrogens (tertiary/aromatic N) is 3. The largest absolute Gasteiger partial charge is 0.465 e. The second-order valence-electron chi connectivity index (χ2n) is 5.96. The molecule has 1 aromatic carbocycles. The topological polar surface area (TPSA) is 88.6 Å². The molecule has 0 saturated carbocycles. The van der Waals surface area contributed by atoms with E-state index in [9.17, 15) is 4.79 Å². The maximum atomic E-state index is 11.7. The third-order valence-corrected chi connectivity index (χ3v) is 4.46. The summed E-state index contributed by atoms with van der Waals surface area (Å²) in [5, 5.41) is 6.79. The number of hydrogen-bond donors (Lipinski definition) is 2. The molecule has 2 N–H and O–H groups in total. The van der Waals surface area contributed by atoms with Gasteiger partial charge in [0, 0.05) is 32.4 Å². The zero-order valence-corrected chi connectivity index (χ0v) is 15.8. The molecule has 0 spiro atoms. The van der Waals surface area contributed by atoms with Crippen molar-refractivity contribution < 1.29 is 14.3 Å². The summed E-state index contributed by atoms with van der Waals surface area (Å²) in [6, 6.07) is 6.64. The summed E-state index contributed by atoms with van der Waals surface area (Å²) in [5.74, 6) is 0.658. The Morgan fingerprint density at radius 1 is 1.33 bits per heavy atom. The van der Waals surface area contributed by atoms with Gasteiger partial charge in [-0.25, -0.2) is 9.78 Å². The van der Waals surface area contributed by atoms with Gasteiger partial charge in [0.1, 0.15) is 5.82 Å². The first-order valence-electron chi connectivity index (χ1n) is 8.67. The van der Waals surface area contributed by atoms with E-state index in [-0.39, 0.29) is 0 Å². The van der Waals surface area contributed by atoms with Crippen molar-refractivity contribution in [3.63, 3.8) is 0 Å². The number of carbonyl (C=O) groups is 1. The molecular weight excluding hydrogens is 370 g/mol. The van der Waals surface area contributed by atoms with Crippen molar-refractivity contribution in [1.29, 1.82) is 0 Å². The molecule has 0 unspecified atom stereocenters. The minimum atomic E-state index is -0.436. The molecule has 144 valence electrons. The van der Waals surface area contributed by atoms with Crippen LogP contribution in [0.1, 0.15) is 10.4 Å². The van der Waals surface area contributed by atoms with Gasteiger partial charge in [0.25, 0.3) is 0 Å². The van der Waals surface area contributed by atoms with Crippen molar-refractivity contribution in [2.45, 2.75) is 0 Å². The van der Waals surface area contributed by atoms with Crippen LogP contribution in [0.2, 0.25) is 5.02 Å². The van der Waals surface area contributed by atoms with Gasteiger partial charge in [0.2, 0.25) is 5.95 Å². The number of benzene rings is 1.